The van der Waals surface area contributed by atoms with Crippen molar-refractivity contribution in [1.29, 1.82) is 0 Å². The lowest BCUT2D eigenvalue weighted by atomic mass is 9.59. The third-order valence-corrected chi connectivity index (χ3v) is 9.06. The van der Waals surface area contributed by atoms with Crippen molar-refractivity contribution in [3.63, 3.8) is 0 Å². The number of carbonyl (C=O) groups is 4. The van der Waals surface area contributed by atoms with Gasteiger partial charge in [-0.3, -0.25) is 19.2 Å². The molecule has 38 heavy (non-hydrogen) atoms. The Labute approximate surface area is 225 Å². The number of hydrogen-bond donors (Lipinski definition) is 0. The van der Waals surface area contributed by atoms with Crippen molar-refractivity contribution in [2.75, 3.05) is 0 Å². The van der Waals surface area contributed by atoms with Crippen LogP contribution in [0.2, 0.25) is 0 Å². The minimum Gasteiger partial charge on any atom is -0.299 e. The van der Waals surface area contributed by atoms with Crippen molar-refractivity contribution in [3.05, 3.63) is 92.1 Å². The maximum atomic E-state index is 14.0. The standard InChI is InChI=1S/C34H36O4/c1-6-22-7-9-23(10-8-22)14-28(36)17-24-11-12-25-15-27-16-26-13-18(2)29(21(5)35)33(37)31(26)20(4)32(27)34(38)30(25)19(24)3/h7-12,26-27,31H,6,13-17H2,1-5H3. The minimum atomic E-state index is -0.390. The maximum absolute atomic E-state index is 14.0. The van der Waals surface area contributed by atoms with Gasteiger partial charge in [-0.1, -0.05) is 54.5 Å². The fourth-order valence-electron chi connectivity index (χ4n) is 7.24. The van der Waals surface area contributed by atoms with Crippen LogP contribution < -0.4 is 0 Å². The second-order valence-corrected chi connectivity index (χ2v) is 11.5. The summed E-state index contributed by atoms with van der Waals surface area (Å²) in [6, 6.07) is 12.2. The van der Waals surface area contributed by atoms with Crippen molar-refractivity contribution in [1.82, 2.24) is 0 Å². The fraction of sp³-hybridized carbons (Fsp3) is 0.412. The summed E-state index contributed by atoms with van der Waals surface area (Å²) in [6.07, 6.45) is 3.92. The Morgan fingerprint density at radius 3 is 2.24 bits per heavy atom. The molecule has 3 atom stereocenters. The molecule has 3 aliphatic carbocycles. The lowest BCUT2D eigenvalue weighted by molar-refractivity contribution is -0.124. The average molecular weight is 509 g/mol. The van der Waals surface area contributed by atoms with Gasteiger partial charge in [-0.25, -0.2) is 0 Å². The second kappa shape index (κ2) is 10.1. The Kier molecular flexibility index (Phi) is 6.94. The molecule has 0 amide bonds. The average Bonchev–Trinajstić information content (AvgIpc) is 2.85. The monoisotopic (exact) mass is 508 g/mol. The van der Waals surface area contributed by atoms with Gasteiger partial charge in [0, 0.05) is 29.9 Å². The summed E-state index contributed by atoms with van der Waals surface area (Å²) in [5.74, 6) is -0.335. The van der Waals surface area contributed by atoms with Gasteiger partial charge in [-0.15, -0.1) is 0 Å². The molecule has 5 rings (SSSR count). The van der Waals surface area contributed by atoms with E-state index in [1.165, 1.54) is 12.5 Å². The summed E-state index contributed by atoms with van der Waals surface area (Å²) in [5.41, 5.74) is 8.58. The number of carbonyl (C=O) groups excluding carboxylic acids is 4. The summed E-state index contributed by atoms with van der Waals surface area (Å²) in [7, 11) is 0. The molecule has 0 spiro atoms. The molecule has 0 heterocycles. The number of hydrogen-bond acceptors (Lipinski definition) is 4. The third-order valence-electron chi connectivity index (χ3n) is 9.06. The van der Waals surface area contributed by atoms with Crippen LogP contribution in [0.5, 0.6) is 0 Å². The fourth-order valence-corrected chi connectivity index (χ4v) is 7.24. The molecular formula is C34H36O4. The second-order valence-electron chi connectivity index (χ2n) is 11.5. The van der Waals surface area contributed by atoms with E-state index in [1.54, 1.807) is 0 Å². The molecule has 4 heteroatoms. The summed E-state index contributed by atoms with van der Waals surface area (Å²) >= 11 is 0. The van der Waals surface area contributed by atoms with Gasteiger partial charge in [0.05, 0.1) is 5.57 Å². The number of fused-ring (bicyclic) bond motifs is 3. The van der Waals surface area contributed by atoms with Crippen molar-refractivity contribution in [2.45, 2.75) is 73.1 Å². The van der Waals surface area contributed by atoms with Crippen LogP contribution in [-0.4, -0.2) is 23.1 Å². The van der Waals surface area contributed by atoms with E-state index in [0.717, 1.165) is 64.7 Å². The number of allylic oxidation sites excluding steroid dienone is 4. The van der Waals surface area contributed by atoms with E-state index >= 15 is 0 Å². The van der Waals surface area contributed by atoms with Gasteiger partial charge in [-0.05, 0) is 93.0 Å². The highest BCUT2D eigenvalue weighted by atomic mass is 16.2. The van der Waals surface area contributed by atoms with E-state index < -0.39 is 5.92 Å². The highest BCUT2D eigenvalue weighted by molar-refractivity contribution is 6.22. The zero-order valence-corrected chi connectivity index (χ0v) is 23.1. The van der Waals surface area contributed by atoms with Crippen LogP contribution in [0.3, 0.4) is 0 Å². The van der Waals surface area contributed by atoms with E-state index in [1.807, 2.05) is 45.0 Å². The van der Waals surface area contributed by atoms with Crippen molar-refractivity contribution < 1.29 is 19.2 Å². The van der Waals surface area contributed by atoms with Gasteiger partial charge in [0.2, 0.25) is 0 Å². The van der Waals surface area contributed by atoms with Gasteiger partial charge < -0.3 is 0 Å². The highest BCUT2D eigenvalue weighted by Crippen LogP contribution is 2.49. The smallest absolute Gasteiger partial charge is 0.189 e. The summed E-state index contributed by atoms with van der Waals surface area (Å²) in [4.78, 5) is 52.6. The van der Waals surface area contributed by atoms with E-state index in [-0.39, 0.29) is 35.0 Å². The summed E-state index contributed by atoms with van der Waals surface area (Å²) in [5, 5.41) is 0. The van der Waals surface area contributed by atoms with E-state index in [9.17, 15) is 19.2 Å². The number of benzene rings is 2. The molecule has 0 N–H and O–H groups in total. The van der Waals surface area contributed by atoms with E-state index in [2.05, 4.69) is 19.1 Å². The van der Waals surface area contributed by atoms with Crippen LogP contribution in [0.25, 0.3) is 0 Å². The molecule has 3 unspecified atom stereocenters. The van der Waals surface area contributed by atoms with Crippen molar-refractivity contribution >= 4 is 23.1 Å². The van der Waals surface area contributed by atoms with Gasteiger partial charge in [-0.2, -0.15) is 0 Å². The first-order valence-electron chi connectivity index (χ1n) is 13.8. The first-order valence-corrected chi connectivity index (χ1v) is 13.8. The van der Waals surface area contributed by atoms with Crippen molar-refractivity contribution in [3.8, 4) is 0 Å². The Morgan fingerprint density at radius 2 is 1.58 bits per heavy atom. The molecule has 4 nitrogen and oxygen atoms in total. The molecule has 0 aromatic heterocycles. The number of ketones is 4. The Hall–Kier alpha value is -3.40. The van der Waals surface area contributed by atoms with E-state index in [4.69, 9.17) is 0 Å². The van der Waals surface area contributed by atoms with Crippen LogP contribution in [0.4, 0.5) is 0 Å². The molecule has 3 aliphatic rings. The van der Waals surface area contributed by atoms with Gasteiger partial charge >= 0.3 is 0 Å². The molecule has 0 fully saturated rings. The van der Waals surface area contributed by atoms with Crippen LogP contribution in [0, 0.1) is 24.7 Å². The van der Waals surface area contributed by atoms with Crippen LogP contribution in [0.15, 0.2) is 58.7 Å². The quantitative estimate of drug-likeness (QED) is 0.442. The zero-order valence-electron chi connectivity index (χ0n) is 23.1. The Balaban J connectivity index is 1.43. The Bertz CT molecular complexity index is 1430. The molecule has 0 saturated heterocycles. The number of aryl methyl sites for hydroxylation is 1. The summed E-state index contributed by atoms with van der Waals surface area (Å²) in [6.45, 7) is 9.33. The molecule has 196 valence electrons. The van der Waals surface area contributed by atoms with Gasteiger partial charge in [0.25, 0.3) is 0 Å². The number of rotatable bonds is 6. The molecule has 0 aliphatic heterocycles. The normalized spacial score (nSPS) is 22.7. The third kappa shape index (κ3) is 4.44. The van der Waals surface area contributed by atoms with Crippen molar-refractivity contribution in [2.24, 2.45) is 17.8 Å². The lowest BCUT2D eigenvalue weighted by Crippen LogP contribution is -2.41. The van der Waals surface area contributed by atoms with Crippen LogP contribution in [-0.2, 0) is 40.1 Å². The minimum absolute atomic E-state index is 0.00222. The largest absolute Gasteiger partial charge is 0.299 e. The molecule has 0 saturated carbocycles. The molecular weight excluding hydrogens is 472 g/mol. The molecule has 0 bridgehead atoms. The number of Topliss-reactive ketones (excluding diaryl/α,β-unsaturated/α-hetero) is 4. The van der Waals surface area contributed by atoms with Crippen LogP contribution in [0.1, 0.15) is 78.7 Å². The SMILES string of the molecule is CCc1ccc(CC(=O)Cc2ccc3c(c2C)C(=O)C2=C(C)C4C(=O)C(C(C)=O)=C(C)CC4CC2C3)cc1. The Morgan fingerprint density at radius 1 is 0.895 bits per heavy atom. The van der Waals surface area contributed by atoms with Gasteiger partial charge in [0.15, 0.2) is 17.3 Å². The van der Waals surface area contributed by atoms with Gasteiger partial charge in [0.1, 0.15) is 5.78 Å². The first-order chi connectivity index (χ1) is 18.1. The van der Waals surface area contributed by atoms with E-state index in [0.29, 0.717) is 24.0 Å². The maximum Gasteiger partial charge on any atom is 0.189 e. The molecule has 2 aromatic rings. The predicted molar refractivity (Wildman–Crippen MR) is 148 cm³/mol. The molecule has 0 radical (unpaired) electrons. The predicted octanol–water partition coefficient (Wildman–Crippen LogP) is 6.10. The highest BCUT2D eigenvalue weighted by Gasteiger charge is 2.47. The first kappa shape index (κ1) is 26.2. The topological polar surface area (TPSA) is 68.3 Å². The zero-order chi connectivity index (χ0) is 27.3. The summed E-state index contributed by atoms with van der Waals surface area (Å²) < 4.78 is 0. The lowest BCUT2D eigenvalue weighted by Gasteiger charge is -2.43. The molecule has 2 aromatic carbocycles. The van der Waals surface area contributed by atoms with Crippen LogP contribution >= 0.6 is 0 Å².